The van der Waals surface area contributed by atoms with Crippen LogP contribution in [0, 0.1) is 0 Å². The third-order valence-electron chi connectivity index (χ3n) is 3.21. The smallest absolute Gasteiger partial charge is 0.257 e. The fourth-order valence-electron chi connectivity index (χ4n) is 2.28. The summed E-state index contributed by atoms with van der Waals surface area (Å²) in [4.78, 5) is 14.4. The van der Waals surface area contributed by atoms with Gasteiger partial charge in [0.25, 0.3) is 5.91 Å². The van der Waals surface area contributed by atoms with Crippen molar-refractivity contribution in [1.82, 2.24) is 4.90 Å². The number of carbonyl (C=O) groups excluding carboxylic acids is 1. The minimum Gasteiger partial charge on any atom is -0.489 e. The predicted molar refractivity (Wildman–Crippen MR) is 73.7 cm³/mol. The second-order valence-electron chi connectivity index (χ2n) is 4.36. The molecule has 0 bridgehead atoms. The summed E-state index contributed by atoms with van der Waals surface area (Å²) in [7, 11) is 0. The van der Waals surface area contributed by atoms with Crippen LogP contribution in [0.15, 0.2) is 18.2 Å². The van der Waals surface area contributed by atoms with Crippen LogP contribution in [0.5, 0.6) is 5.75 Å². The average Bonchev–Trinajstić information content (AvgIpc) is 2.47. The van der Waals surface area contributed by atoms with E-state index >= 15 is 0 Å². The summed E-state index contributed by atoms with van der Waals surface area (Å²) in [6.45, 7) is 3.08. The van der Waals surface area contributed by atoms with Crippen molar-refractivity contribution in [3.63, 3.8) is 0 Å². The van der Waals surface area contributed by atoms with Crippen LogP contribution in [0.4, 0.5) is 5.69 Å². The van der Waals surface area contributed by atoms with E-state index in [0.29, 0.717) is 17.9 Å². The minimum absolute atomic E-state index is 0.0934. The van der Waals surface area contributed by atoms with Gasteiger partial charge in [-0.1, -0.05) is 6.07 Å². The number of ether oxygens (including phenoxy) is 1. The Labute approximate surface area is 111 Å². The molecule has 1 fully saturated rings. The van der Waals surface area contributed by atoms with E-state index in [-0.39, 0.29) is 5.91 Å². The van der Waals surface area contributed by atoms with Crippen molar-refractivity contribution in [3.05, 3.63) is 23.8 Å². The maximum absolute atomic E-state index is 12.5. The lowest BCUT2D eigenvalue weighted by atomic mass is 10.1. The lowest BCUT2D eigenvalue weighted by Crippen LogP contribution is -2.38. The number of nitrogens with zero attached hydrogens (tertiary/aromatic N) is 1. The molecule has 96 valence electrons. The second kappa shape index (κ2) is 5.10. The van der Waals surface area contributed by atoms with Gasteiger partial charge in [-0.05, 0) is 12.1 Å². The summed E-state index contributed by atoms with van der Waals surface area (Å²) >= 11 is 1.90. The van der Waals surface area contributed by atoms with Crippen LogP contribution in [0.25, 0.3) is 0 Å². The molecule has 18 heavy (non-hydrogen) atoms. The van der Waals surface area contributed by atoms with Gasteiger partial charge in [0.1, 0.15) is 6.61 Å². The zero-order chi connectivity index (χ0) is 12.4. The first kappa shape index (κ1) is 11.7. The topological polar surface area (TPSA) is 41.6 Å². The molecular formula is C13H16N2O2S. The van der Waals surface area contributed by atoms with Gasteiger partial charge in [0.2, 0.25) is 0 Å². The molecule has 0 radical (unpaired) electrons. The predicted octanol–water partition coefficient (Wildman–Crippen LogP) is 1.68. The van der Waals surface area contributed by atoms with Gasteiger partial charge in [-0.15, -0.1) is 0 Å². The molecule has 2 aliphatic rings. The standard InChI is InChI=1S/C13H16N2O2S/c16-13(15-5-8-18-9-6-15)10-2-1-3-11-12(10)17-7-4-14-11/h1-3,14H,4-9H2. The van der Waals surface area contributed by atoms with Gasteiger partial charge in [-0.3, -0.25) is 4.79 Å². The van der Waals surface area contributed by atoms with Crippen LogP contribution in [-0.4, -0.2) is 48.6 Å². The SMILES string of the molecule is O=C(c1cccc2c1OCCN2)N1CCSCC1. The van der Waals surface area contributed by atoms with Crippen LogP contribution in [0.1, 0.15) is 10.4 Å². The number of anilines is 1. The van der Waals surface area contributed by atoms with Crippen LogP contribution in [0.3, 0.4) is 0 Å². The summed E-state index contributed by atoms with van der Waals surface area (Å²) in [6, 6.07) is 5.72. The molecule has 2 heterocycles. The molecule has 2 aliphatic heterocycles. The quantitative estimate of drug-likeness (QED) is 0.838. The van der Waals surface area contributed by atoms with Gasteiger partial charge in [0.05, 0.1) is 11.3 Å². The molecule has 0 atom stereocenters. The number of hydrogen-bond donors (Lipinski definition) is 1. The Morgan fingerprint density at radius 3 is 3.00 bits per heavy atom. The van der Waals surface area contributed by atoms with Crippen molar-refractivity contribution in [2.75, 3.05) is 43.1 Å². The van der Waals surface area contributed by atoms with E-state index in [2.05, 4.69) is 5.32 Å². The number of thioether (sulfide) groups is 1. The van der Waals surface area contributed by atoms with Crippen molar-refractivity contribution >= 4 is 23.4 Å². The van der Waals surface area contributed by atoms with E-state index in [1.54, 1.807) is 0 Å². The first-order chi connectivity index (χ1) is 8.86. The largest absolute Gasteiger partial charge is 0.489 e. The normalized spacial score (nSPS) is 18.6. The van der Waals surface area contributed by atoms with E-state index < -0.39 is 0 Å². The van der Waals surface area contributed by atoms with Crippen molar-refractivity contribution < 1.29 is 9.53 Å². The number of fused-ring (bicyclic) bond motifs is 1. The van der Waals surface area contributed by atoms with Crippen molar-refractivity contribution in [3.8, 4) is 5.75 Å². The monoisotopic (exact) mass is 264 g/mol. The Morgan fingerprint density at radius 2 is 2.17 bits per heavy atom. The third-order valence-corrected chi connectivity index (χ3v) is 4.15. The van der Waals surface area contributed by atoms with Gasteiger partial charge in [0, 0.05) is 31.1 Å². The highest BCUT2D eigenvalue weighted by Crippen LogP contribution is 2.32. The molecule has 3 rings (SSSR count). The molecule has 0 aliphatic carbocycles. The number of hydrogen-bond acceptors (Lipinski definition) is 4. The third kappa shape index (κ3) is 2.14. The van der Waals surface area contributed by atoms with Crippen LogP contribution < -0.4 is 10.1 Å². The summed E-state index contributed by atoms with van der Waals surface area (Å²) < 4.78 is 5.65. The Hall–Kier alpha value is -1.36. The Morgan fingerprint density at radius 1 is 1.33 bits per heavy atom. The van der Waals surface area contributed by atoms with Crippen molar-refractivity contribution in [1.29, 1.82) is 0 Å². The number of carbonyl (C=O) groups is 1. The van der Waals surface area contributed by atoms with Crippen LogP contribution in [0.2, 0.25) is 0 Å². The first-order valence-corrected chi connectivity index (χ1v) is 7.38. The lowest BCUT2D eigenvalue weighted by molar-refractivity contribution is 0.0768. The van der Waals surface area contributed by atoms with Gasteiger partial charge in [-0.25, -0.2) is 0 Å². The highest BCUT2D eigenvalue weighted by Gasteiger charge is 2.24. The lowest BCUT2D eigenvalue weighted by Gasteiger charge is -2.28. The number of rotatable bonds is 1. The van der Waals surface area contributed by atoms with Crippen molar-refractivity contribution in [2.45, 2.75) is 0 Å². The molecule has 5 heteroatoms. The average molecular weight is 264 g/mol. The summed E-state index contributed by atoms with van der Waals surface area (Å²) in [6.07, 6.45) is 0. The number of nitrogens with one attached hydrogen (secondary N) is 1. The molecule has 1 saturated heterocycles. The molecule has 0 unspecified atom stereocenters. The zero-order valence-corrected chi connectivity index (χ0v) is 11.0. The molecule has 0 saturated carbocycles. The molecule has 1 amide bonds. The molecule has 1 N–H and O–H groups in total. The fraction of sp³-hybridized carbons (Fsp3) is 0.462. The van der Waals surface area contributed by atoms with E-state index in [9.17, 15) is 4.79 Å². The Bertz CT molecular complexity index is 458. The molecule has 1 aromatic rings. The van der Waals surface area contributed by atoms with E-state index in [4.69, 9.17) is 4.74 Å². The number of amides is 1. The molecule has 4 nitrogen and oxygen atoms in total. The van der Waals surface area contributed by atoms with Gasteiger partial charge < -0.3 is 15.0 Å². The van der Waals surface area contributed by atoms with E-state index in [1.165, 1.54) is 0 Å². The fourth-order valence-corrected chi connectivity index (χ4v) is 3.18. The summed E-state index contributed by atoms with van der Waals surface area (Å²) in [5.41, 5.74) is 1.62. The minimum atomic E-state index is 0.0934. The Kier molecular flexibility index (Phi) is 3.32. The molecule has 0 aromatic heterocycles. The first-order valence-electron chi connectivity index (χ1n) is 6.23. The maximum Gasteiger partial charge on any atom is 0.257 e. The molecular weight excluding hydrogens is 248 g/mol. The number of para-hydroxylation sites is 1. The summed E-state index contributed by atoms with van der Waals surface area (Å²) in [5.74, 6) is 2.86. The molecule has 1 aromatic carbocycles. The second-order valence-corrected chi connectivity index (χ2v) is 5.59. The summed E-state index contributed by atoms with van der Waals surface area (Å²) in [5, 5.41) is 3.26. The van der Waals surface area contributed by atoms with Crippen LogP contribution >= 0.6 is 11.8 Å². The number of benzene rings is 1. The maximum atomic E-state index is 12.5. The highest BCUT2D eigenvalue weighted by molar-refractivity contribution is 7.99. The van der Waals surface area contributed by atoms with Gasteiger partial charge >= 0.3 is 0 Å². The van der Waals surface area contributed by atoms with E-state index in [1.807, 2.05) is 34.9 Å². The van der Waals surface area contributed by atoms with Crippen molar-refractivity contribution in [2.24, 2.45) is 0 Å². The van der Waals surface area contributed by atoms with Gasteiger partial charge in [0.15, 0.2) is 5.75 Å². The van der Waals surface area contributed by atoms with Gasteiger partial charge in [-0.2, -0.15) is 11.8 Å². The zero-order valence-electron chi connectivity index (χ0n) is 10.1. The Balaban J connectivity index is 1.89. The molecule has 0 spiro atoms. The van der Waals surface area contributed by atoms with E-state index in [0.717, 1.165) is 36.8 Å². The van der Waals surface area contributed by atoms with Crippen LogP contribution in [-0.2, 0) is 0 Å². The highest BCUT2D eigenvalue weighted by atomic mass is 32.2.